The van der Waals surface area contributed by atoms with E-state index in [-0.39, 0.29) is 6.10 Å². The highest BCUT2D eigenvalue weighted by Crippen LogP contribution is 2.07. The maximum atomic E-state index is 9.44. The van der Waals surface area contributed by atoms with Crippen LogP contribution in [0.1, 0.15) is 25.7 Å². The van der Waals surface area contributed by atoms with E-state index in [1.807, 2.05) is 0 Å². The van der Waals surface area contributed by atoms with Gasteiger partial charge in [-0.3, -0.25) is 0 Å². The van der Waals surface area contributed by atoms with Crippen molar-refractivity contribution in [3.8, 4) is 0 Å². The topological polar surface area (TPSA) is 50.7 Å². The molecule has 0 spiro atoms. The van der Waals surface area contributed by atoms with Crippen LogP contribution in [0.5, 0.6) is 0 Å². The van der Waals surface area contributed by atoms with Gasteiger partial charge in [-0.15, -0.1) is 0 Å². The summed E-state index contributed by atoms with van der Waals surface area (Å²) < 4.78 is 10.2. The molecule has 0 aromatic rings. The number of hydrogen-bond acceptors (Lipinski definition) is 4. The predicted molar refractivity (Wildman–Crippen MR) is 59.0 cm³/mol. The highest BCUT2D eigenvalue weighted by atomic mass is 16.5. The maximum absolute atomic E-state index is 9.44. The van der Waals surface area contributed by atoms with Crippen molar-refractivity contribution in [2.45, 2.75) is 37.8 Å². The van der Waals surface area contributed by atoms with Crippen LogP contribution in [0.15, 0.2) is 0 Å². The Balaban J connectivity index is 2.02. The van der Waals surface area contributed by atoms with E-state index in [1.54, 1.807) is 7.11 Å². The second kappa shape index (κ2) is 8.05. The van der Waals surface area contributed by atoms with Gasteiger partial charge in [-0.2, -0.15) is 0 Å². The van der Waals surface area contributed by atoms with Gasteiger partial charge in [-0.25, -0.2) is 0 Å². The molecule has 90 valence electrons. The predicted octanol–water partition coefficient (Wildman–Crippen LogP) is 0.542. The lowest BCUT2D eigenvalue weighted by Crippen LogP contribution is -2.32. The summed E-state index contributed by atoms with van der Waals surface area (Å²) >= 11 is 0. The SMILES string of the molecule is COCC(O)CCNC1CCCOCC1. The first-order valence-corrected chi connectivity index (χ1v) is 5.81. The number of nitrogens with one attached hydrogen (secondary N) is 1. The van der Waals surface area contributed by atoms with Crippen molar-refractivity contribution in [1.82, 2.24) is 5.32 Å². The smallest absolute Gasteiger partial charge is 0.0785 e. The van der Waals surface area contributed by atoms with E-state index in [4.69, 9.17) is 9.47 Å². The maximum Gasteiger partial charge on any atom is 0.0785 e. The van der Waals surface area contributed by atoms with E-state index >= 15 is 0 Å². The Morgan fingerprint density at radius 3 is 3.13 bits per heavy atom. The van der Waals surface area contributed by atoms with Crippen molar-refractivity contribution in [2.24, 2.45) is 0 Å². The molecule has 1 saturated heterocycles. The molecule has 0 aromatic heterocycles. The summed E-state index contributed by atoms with van der Waals surface area (Å²) in [6, 6.07) is 0.558. The molecule has 1 heterocycles. The lowest BCUT2D eigenvalue weighted by Gasteiger charge is -2.16. The van der Waals surface area contributed by atoms with Crippen LogP contribution in [0.2, 0.25) is 0 Å². The molecule has 1 aliphatic heterocycles. The fourth-order valence-corrected chi connectivity index (χ4v) is 1.84. The average Bonchev–Trinajstić information content (AvgIpc) is 2.47. The lowest BCUT2D eigenvalue weighted by molar-refractivity contribution is 0.0588. The third kappa shape index (κ3) is 6.10. The monoisotopic (exact) mass is 217 g/mol. The van der Waals surface area contributed by atoms with Crippen LogP contribution in [-0.2, 0) is 9.47 Å². The Morgan fingerprint density at radius 1 is 1.47 bits per heavy atom. The summed E-state index contributed by atoms with van der Waals surface area (Å²) in [6.45, 7) is 3.04. The molecule has 2 unspecified atom stereocenters. The molecule has 15 heavy (non-hydrogen) atoms. The first-order valence-electron chi connectivity index (χ1n) is 5.81. The largest absolute Gasteiger partial charge is 0.391 e. The summed E-state index contributed by atoms with van der Waals surface area (Å²) in [4.78, 5) is 0. The zero-order valence-electron chi connectivity index (χ0n) is 9.58. The van der Waals surface area contributed by atoms with E-state index in [0.29, 0.717) is 12.6 Å². The molecule has 4 nitrogen and oxygen atoms in total. The van der Waals surface area contributed by atoms with E-state index < -0.39 is 0 Å². The molecule has 0 amide bonds. The van der Waals surface area contributed by atoms with Gasteiger partial charge in [0.25, 0.3) is 0 Å². The van der Waals surface area contributed by atoms with Crippen molar-refractivity contribution in [1.29, 1.82) is 0 Å². The fourth-order valence-electron chi connectivity index (χ4n) is 1.84. The van der Waals surface area contributed by atoms with Crippen molar-refractivity contribution >= 4 is 0 Å². The van der Waals surface area contributed by atoms with E-state index in [1.165, 1.54) is 6.42 Å². The minimum atomic E-state index is -0.343. The van der Waals surface area contributed by atoms with Crippen LogP contribution in [0, 0.1) is 0 Å². The number of ether oxygens (including phenoxy) is 2. The molecule has 4 heteroatoms. The summed E-state index contributed by atoms with van der Waals surface area (Å²) in [5.74, 6) is 0. The third-order valence-electron chi connectivity index (χ3n) is 2.72. The van der Waals surface area contributed by atoms with Gasteiger partial charge in [0.15, 0.2) is 0 Å². The van der Waals surface area contributed by atoms with Crippen molar-refractivity contribution in [2.75, 3.05) is 33.5 Å². The first-order chi connectivity index (χ1) is 7.33. The summed E-state index contributed by atoms with van der Waals surface area (Å²) in [5.41, 5.74) is 0. The summed E-state index contributed by atoms with van der Waals surface area (Å²) in [6.07, 6.45) is 3.81. The molecule has 1 aliphatic rings. The zero-order chi connectivity index (χ0) is 10.9. The van der Waals surface area contributed by atoms with Gasteiger partial charge < -0.3 is 19.9 Å². The zero-order valence-corrected chi connectivity index (χ0v) is 9.58. The van der Waals surface area contributed by atoms with Crippen molar-refractivity contribution in [3.63, 3.8) is 0 Å². The van der Waals surface area contributed by atoms with Gasteiger partial charge in [0.1, 0.15) is 0 Å². The number of methoxy groups -OCH3 is 1. The van der Waals surface area contributed by atoms with Gasteiger partial charge in [0.2, 0.25) is 0 Å². The Labute approximate surface area is 92.0 Å². The van der Waals surface area contributed by atoms with Gasteiger partial charge in [0, 0.05) is 26.4 Å². The van der Waals surface area contributed by atoms with Crippen LogP contribution in [0.25, 0.3) is 0 Å². The summed E-state index contributed by atoms with van der Waals surface area (Å²) in [5, 5.41) is 12.9. The highest BCUT2D eigenvalue weighted by molar-refractivity contribution is 4.70. The van der Waals surface area contributed by atoms with Crippen LogP contribution in [-0.4, -0.2) is 50.7 Å². The standard InChI is InChI=1S/C11H23NO3/c1-14-9-11(13)4-6-12-10-3-2-7-15-8-5-10/h10-13H,2-9H2,1H3. The second-order valence-corrected chi connectivity index (χ2v) is 4.09. The Kier molecular flexibility index (Phi) is 6.92. The number of aliphatic hydroxyl groups excluding tert-OH is 1. The van der Waals surface area contributed by atoms with Crippen LogP contribution in [0.4, 0.5) is 0 Å². The molecule has 1 fully saturated rings. The average molecular weight is 217 g/mol. The second-order valence-electron chi connectivity index (χ2n) is 4.09. The van der Waals surface area contributed by atoms with E-state index in [9.17, 15) is 5.11 Å². The molecular weight excluding hydrogens is 194 g/mol. The molecule has 2 N–H and O–H groups in total. The highest BCUT2D eigenvalue weighted by Gasteiger charge is 2.12. The van der Waals surface area contributed by atoms with E-state index in [2.05, 4.69) is 5.32 Å². The van der Waals surface area contributed by atoms with Crippen molar-refractivity contribution < 1.29 is 14.6 Å². The third-order valence-corrected chi connectivity index (χ3v) is 2.72. The minimum Gasteiger partial charge on any atom is -0.391 e. The fraction of sp³-hybridized carbons (Fsp3) is 1.00. The van der Waals surface area contributed by atoms with Gasteiger partial charge in [-0.05, 0) is 32.2 Å². The van der Waals surface area contributed by atoms with Crippen LogP contribution < -0.4 is 5.32 Å². The Bertz CT molecular complexity index is 147. The minimum absolute atomic E-state index is 0.343. The molecule has 1 rings (SSSR count). The number of rotatable bonds is 6. The Hall–Kier alpha value is -0.160. The van der Waals surface area contributed by atoms with E-state index in [0.717, 1.165) is 39.0 Å². The molecular formula is C11H23NO3. The van der Waals surface area contributed by atoms with Crippen LogP contribution >= 0.6 is 0 Å². The molecule has 0 bridgehead atoms. The van der Waals surface area contributed by atoms with Gasteiger partial charge >= 0.3 is 0 Å². The van der Waals surface area contributed by atoms with Crippen LogP contribution in [0.3, 0.4) is 0 Å². The molecule has 0 aliphatic carbocycles. The number of aliphatic hydroxyl groups is 1. The molecule has 0 radical (unpaired) electrons. The molecule has 0 saturated carbocycles. The Morgan fingerprint density at radius 2 is 2.33 bits per heavy atom. The quantitative estimate of drug-likeness (QED) is 0.682. The molecule has 2 atom stereocenters. The summed E-state index contributed by atoms with van der Waals surface area (Å²) in [7, 11) is 1.61. The first kappa shape index (κ1) is 12.9. The lowest BCUT2D eigenvalue weighted by atomic mass is 10.1. The van der Waals surface area contributed by atoms with Crippen molar-refractivity contribution in [3.05, 3.63) is 0 Å². The normalized spacial score (nSPS) is 24.8. The van der Waals surface area contributed by atoms with Gasteiger partial charge in [-0.1, -0.05) is 0 Å². The number of hydrogen-bond donors (Lipinski definition) is 2. The molecule has 0 aromatic carbocycles. The van der Waals surface area contributed by atoms with Gasteiger partial charge in [0.05, 0.1) is 12.7 Å².